The first kappa shape index (κ1) is 44.4. The van der Waals surface area contributed by atoms with E-state index in [0.29, 0.717) is 43.7 Å². The summed E-state index contributed by atoms with van der Waals surface area (Å²) < 4.78 is 37.7. The Balaban J connectivity index is 1.43. The summed E-state index contributed by atoms with van der Waals surface area (Å²) in [7, 11) is 5.40. The fraction of sp³-hybridized carbons (Fsp3) is 0.667. The van der Waals surface area contributed by atoms with Gasteiger partial charge in [0.2, 0.25) is 0 Å². The Kier molecular flexibility index (Phi) is 13.4. The summed E-state index contributed by atoms with van der Waals surface area (Å²) in [4.78, 5) is 55.4. The number of para-hydroxylation sites is 1. The van der Waals surface area contributed by atoms with Crippen molar-refractivity contribution in [2.24, 2.45) is 28.7 Å². The van der Waals surface area contributed by atoms with Gasteiger partial charge in [0.25, 0.3) is 0 Å². The van der Waals surface area contributed by atoms with E-state index in [9.17, 15) is 19.5 Å². The number of methoxy groups -OCH3 is 1. The average Bonchev–Trinajstić information content (AvgIpc) is 3.33. The Bertz CT molecular complexity index is 1980. The van der Waals surface area contributed by atoms with Crippen LogP contribution in [0, 0.1) is 35.5 Å². The summed E-state index contributed by atoms with van der Waals surface area (Å²) >= 11 is 0. The number of carbonyl (C=O) groups is 3. The van der Waals surface area contributed by atoms with E-state index in [1.54, 1.807) is 25.1 Å². The van der Waals surface area contributed by atoms with Crippen LogP contribution in [0.1, 0.15) is 80.2 Å². The van der Waals surface area contributed by atoms with Crippen LogP contribution in [0.4, 0.5) is 4.79 Å². The molecule has 1 aromatic heterocycles. The van der Waals surface area contributed by atoms with Crippen molar-refractivity contribution in [1.82, 2.24) is 14.8 Å². The molecule has 13 atom stereocenters. The van der Waals surface area contributed by atoms with Crippen LogP contribution < -0.4 is 4.74 Å². The Hall–Kier alpha value is -4.13. The Morgan fingerprint density at radius 3 is 2.53 bits per heavy atom. The summed E-state index contributed by atoms with van der Waals surface area (Å²) in [6.07, 6.45) is -1.86. The van der Waals surface area contributed by atoms with Crippen LogP contribution in [0.5, 0.6) is 5.75 Å². The first-order valence-corrected chi connectivity index (χ1v) is 20.9. The van der Waals surface area contributed by atoms with E-state index in [4.69, 9.17) is 33.4 Å². The van der Waals surface area contributed by atoms with Crippen LogP contribution >= 0.6 is 0 Å². The van der Waals surface area contributed by atoms with Crippen LogP contribution in [-0.2, 0) is 33.3 Å². The molecule has 322 valence electrons. The SMILES string of the molecule is CC[C@H]1OC(=O)[C@H](C)C(=O)[C@H](C)[C@@H](O[C@@H]2O[C@H](C)C[C@H](N(C)C)[C@H]2O)[C@@](C)(OCC#Cc2cnc3c(OC)cccc3c2)C[C@@H](C)C2=NCCN3C(=O)O[C@@]1(C)[C@H]3[C@H]2C. The van der Waals surface area contributed by atoms with Gasteiger partial charge in [-0.3, -0.25) is 24.5 Å². The lowest BCUT2D eigenvalue weighted by molar-refractivity contribution is -0.296. The molecule has 0 radical (unpaired) electrons. The van der Waals surface area contributed by atoms with E-state index in [1.165, 1.54) is 6.92 Å². The molecule has 2 bridgehead atoms. The number of amides is 1. The van der Waals surface area contributed by atoms with Crippen molar-refractivity contribution in [3.63, 3.8) is 0 Å². The third-order valence-electron chi connectivity index (χ3n) is 13.0. The highest BCUT2D eigenvalue weighted by Gasteiger charge is 2.60. The molecule has 0 spiro atoms. The molecule has 1 amide bonds. The molecule has 1 N–H and O–H groups in total. The molecule has 1 aromatic carbocycles. The highest BCUT2D eigenvalue weighted by molar-refractivity contribution is 6.00. The number of likely N-dealkylation sites (N-methyl/N-ethyl adjacent to an activating group) is 1. The number of carbonyl (C=O) groups excluding carboxylic acids is 3. The van der Waals surface area contributed by atoms with Gasteiger partial charge >= 0.3 is 12.1 Å². The van der Waals surface area contributed by atoms with E-state index < -0.39 is 71.5 Å². The third-order valence-corrected chi connectivity index (χ3v) is 13.0. The van der Waals surface area contributed by atoms with Gasteiger partial charge in [0.15, 0.2) is 17.7 Å². The first-order valence-electron chi connectivity index (χ1n) is 20.9. The van der Waals surface area contributed by atoms with E-state index in [1.807, 2.05) is 77.9 Å². The summed E-state index contributed by atoms with van der Waals surface area (Å²) in [5.74, 6) is 3.12. The molecule has 5 heterocycles. The van der Waals surface area contributed by atoms with Crippen molar-refractivity contribution in [3.05, 3.63) is 36.0 Å². The predicted molar refractivity (Wildman–Crippen MR) is 221 cm³/mol. The van der Waals surface area contributed by atoms with Gasteiger partial charge in [0.1, 0.15) is 36.0 Å². The largest absolute Gasteiger partial charge is 0.494 e. The molecule has 0 saturated carbocycles. The second-order valence-corrected chi connectivity index (χ2v) is 17.4. The van der Waals surface area contributed by atoms with Gasteiger partial charge in [0.05, 0.1) is 37.5 Å². The molecule has 4 aliphatic rings. The monoisotopic (exact) mass is 818 g/mol. The number of Topliss-reactive ketones (excluding diaryl/α,β-unsaturated/α-hetero) is 1. The molecular weight excluding hydrogens is 757 g/mol. The number of esters is 1. The van der Waals surface area contributed by atoms with Crippen molar-refractivity contribution in [1.29, 1.82) is 0 Å². The second-order valence-electron chi connectivity index (χ2n) is 17.4. The number of cyclic esters (lactones) is 1. The van der Waals surface area contributed by atoms with Crippen LogP contribution in [-0.4, -0.2) is 138 Å². The molecule has 14 nitrogen and oxygen atoms in total. The molecule has 2 aromatic rings. The van der Waals surface area contributed by atoms with E-state index in [2.05, 4.69) is 23.7 Å². The number of aliphatic hydroxyl groups is 1. The number of hydrogen-bond acceptors (Lipinski definition) is 13. The highest BCUT2D eigenvalue weighted by Crippen LogP contribution is 2.44. The number of aliphatic imine (C=N–C) groups is 1. The zero-order chi connectivity index (χ0) is 43.0. The van der Waals surface area contributed by atoms with Crippen LogP contribution in [0.25, 0.3) is 10.9 Å². The zero-order valence-electron chi connectivity index (χ0n) is 36.4. The Morgan fingerprint density at radius 2 is 1.83 bits per heavy atom. The van der Waals surface area contributed by atoms with Crippen molar-refractivity contribution in [3.8, 4) is 17.6 Å². The Morgan fingerprint density at radius 1 is 1.08 bits per heavy atom. The van der Waals surface area contributed by atoms with Gasteiger partial charge in [-0.15, -0.1) is 0 Å². The normalized spacial score (nSPS) is 36.8. The lowest BCUT2D eigenvalue weighted by Crippen LogP contribution is -2.60. The number of pyridine rings is 1. The van der Waals surface area contributed by atoms with Gasteiger partial charge in [-0.25, -0.2) is 4.79 Å². The van der Waals surface area contributed by atoms with Crippen molar-refractivity contribution < 1.29 is 47.9 Å². The fourth-order valence-electron chi connectivity index (χ4n) is 9.95. The van der Waals surface area contributed by atoms with E-state index >= 15 is 0 Å². The number of rotatable bonds is 7. The number of aromatic nitrogens is 1. The number of benzene rings is 1. The lowest BCUT2D eigenvalue weighted by atomic mass is 9.73. The molecular formula is C45H62N4O10. The molecule has 6 rings (SSSR count). The predicted octanol–water partition coefficient (Wildman–Crippen LogP) is 5.05. The summed E-state index contributed by atoms with van der Waals surface area (Å²) in [5, 5.41) is 12.6. The summed E-state index contributed by atoms with van der Waals surface area (Å²) in [6, 6.07) is 6.85. The van der Waals surface area contributed by atoms with Gasteiger partial charge in [-0.2, -0.15) is 0 Å². The molecule has 3 fully saturated rings. The molecule has 3 saturated heterocycles. The quantitative estimate of drug-likeness (QED) is 0.226. The number of nitrogens with zero attached hydrogens (tertiary/aromatic N) is 4. The van der Waals surface area contributed by atoms with Gasteiger partial charge in [0, 0.05) is 47.3 Å². The summed E-state index contributed by atoms with van der Waals surface area (Å²) in [6.45, 7) is 15.5. The van der Waals surface area contributed by atoms with Crippen molar-refractivity contribution in [2.75, 3.05) is 40.9 Å². The maximum atomic E-state index is 14.6. The molecule has 59 heavy (non-hydrogen) atoms. The number of fused-ring (bicyclic) bond motifs is 2. The van der Waals surface area contributed by atoms with Gasteiger partial charge < -0.3 is 38.4 Å². The lowest BCUT2D eigenvalue weighted by Gasteiger charge is -2.47. The summed E-state index contributed by atoms with van der Waals surface area (Å²) in [5.41, 5.74) is -0.222. The maximum Gasteiger partial charge on any atom is 0.410 e. The highest BCUT2D eigenvalue weighted by atomic mass is 16.7. The average molecular weight is 819 g/mol. The minimum absolute atomic E-state index is 0.0560. The van der Waals surface area contributed by atoms with E-state index in [0.717, 1.165) is 16.6 Å². The Labute approximate surface area is 348 Å². The van der Waals surface area contributed by atoms with E-state index in [-0.39, 0.29) is 30.6 Å². The topological polar surface area (TPSA) is 159 Å². The van der Waals surface area contributed by atoms with Crippen LogP contribution in [0.2, 0.25) is 0 Å². The number of hydrogen-bond donors (Lipinski definition) is 1. The van der Waals surface area contributed by atoms with Gasteiger partial charge in [-0.1, -0.05) is 51.7 Å². The molecule has 14 heteroatoms. The number of ether oxygens (including phenoxy) is 6. The number of aliphatic hydroxyl groups excluding tert-OH is 1. The number of ketones is 1. The maximum absolute atomic E-state index is 14.6. The fourth-order valence-corrected chi connectivity index (χ4v) is 9.95. The smallest absolute Gasteiger partial charge is 0.410 e. The van der Waals surface area contributed by atoms with Crippen molar-refractivity contribution >= 4 is 34.5 Å². The second kappa shape index (κ2) is 17.8. The first-order chi connectivity index (χ1) is 27.9. The van der Waals surface area contributed by atoms with Crippen LogP contribution in [0.15, 0.2) is 35.5 Å². The zero-order valence-corrected chi connectivity index (χ0v) is 36.4. The third kappa shape index (κ3) is 8.73. The standard InChI is InChI=1S/C45H62N4O10/c1-12-34-45(8)39-27(4)35(46-18-19-49(39)43(53)59-45)25(2)23-44(7,55-20-14-15-30-22-31-16-13-17-33(54-11)36(31)47-24-30)40(28(5)37(50)29(6)41(52)57-34)58-42-38(51)32(48(9)10)21-26(3)56-42/h13,16-17,22,24-29,32,34,38-40,42,51H,12,18-21,23H2,1-11H3/t25-,26-,27+,28+,29-,32+,34-,38-,39-,40-,42+,44+,45-/m1/s1. The molecule has 4 aliphatic heterocycles. The molecule has 0 aliphatic carbocycles. The van der Waals surface area contributed by atoms with Crippen molar-refractivity contribution in [2.45, 2.75) is 129 Å². The van der Waals surface area contributed by atoms with Crippen LogP contribution in [0.3, 0.4) is 0 Å². The van der Waals surface area contributed by atoms with Gasteiger partial charge in [-0.05, 0) is 79.1 Å². The minimum atomic E-state index is -1.27. The molecule has 0 unspecified atom stereocenters. The minimum Gasteiger partial charge on any atom is -0.494 e.